The Bertz CT molecular complexity index is 1600. The molecule has 0 aromatic carbocycles. The molecule has 0 bridgehead atoms. The first-order valence-corrected chi connectivity index (χ1v) is 30.6. The van der Waals surface area contributed by atoms with Crippen LogP contribution in [0.25, 0.3) is 0 Å². The van der Waals surface area contributed by atoms with Crippen molar-refractivity contribution in [2.24, 2.45) is 0 Å². The normalized spacial score (nSPS) is 14.1. The van der Waals surface area contributed by atoms with Gasteiger partial charge in [-0.1, -0.05) is 239 Å². The Labute approximate surface area is 448 Å². The lowest BCUT2D eigenvalue weighted by molar-refractivity contribution is -0.870. The number of phosphoric ester groups is 1. The van der Waals surface area contributed by atoms with Gasteiger partial charge in [0.05, 0.1) is 27.7 Å². The third kappa shape index (κ3) is 57.8. The van der Waals surface area contributed by atoms with Crippen molar-refractivity contribution in [1.82, 2.24) is 0 Å². The summed E-state index contributed by atoms with van der Waals surface area (Å²) >= 11 is 0. The molecule has 0 rings (SSSR count). The van der Waals surface area contributed by atoms with Gasteiger partial charge in [0.15, 0.2) is 6.10 Å². The van der Waals surface area contributed by atoms with E-state index in [4.69, 9.17) is 18.5 Å². The molecule has 73 heavy (non-hydrogen) atoms. The number of allylic oxidation sites excluding steroid dienone is 18. The molecule has 0 heterocycles. The van der Waals surface area contributed by atoms with Gasteiger partial charge in [-0.2, -0.15) is 0 Å². The fraction of sp³-hybridized carbons (Fsp3) is 0.683. The van der Waals surface area contributed by atoms with Crippen LogP contribution in [-0.2, 0) is 32.7 Å². The molecule has 0 saturated heterocycles. The fourth-order valence-electron chi connectivity index (χ4n) is 7.60. The van der Waals surface area contributed by atoms with E-state index in [1.54, 1.807) is 0 Å². The van der Waals surface area contributed by atoms with Crippen molar-refractivity contribution >= 4 is 19.8 Å². The van der Waals surface area contributed by atoms with Gasteiger partial charge in [0.1, 0.15) is 19.8 Å². The van der Waals surface area contributed by atoms with E-state index in [0.29, 0.717) is 17.4 Å². The predicted octanol–water partition coefficient (Wildman–Crippen LogP) is 18.2. The molecule has 0 aromatic heterocycles. The van der Waals surface area contributed by atoms with Crippen LogP contribution < -0.4 is 0 Å². The van der Waals surface area contributed by atoms with Crippen LogP contribution in [0.5, 0.6) is 0 Å². The summed E-state index contributed by atoms with van der Waals surface area (Å²) in [5.41, 5.74) is 0. The van der Waals surface area contributed by atoms with Crippen molar-refractivity contribution in [2.75, 3.05) is 47.5 Å². The number of hydrogen-bond acceptors (Lipinski definition) is 7. The zero-order valence-corrected chi connectivity index (χ0v) is 48.2. The summed E-state index contributed by atoms with van der Waals surface area (Å²) in [6, 6.07) is 0. The molecule has 2 atom stereocenters. The summed E-state index contributed by atoms with van der Waals surface area (Å²) in [6.45, 7) is 4.30. The van der Waals surface area contributed by atoms with Gasteiger partial charge in [-0.25, -0.2) is 4.57 Å². The molecule has 0 spiro atoms. The Balaban J connectivity index is 4.23. The van der Waals surface area contributed by atoms with Crippen molar-refractivity contribution < 1.29 is 42.1 Å². The number of likely N-dealkylation sites (N-methyl/N-ethyl adjacent to an activating group) is 1. The van der Waals surface area contributed by atoms with Gasteiger partial charge in [0.25, 0.3) is 0 Å². The van der Waals surface area contributed by atoms with Gasteiger partial charge in [-0.15, -0.1) is 0 Å². The number of rotatable bonds is 52. The van der Waals surface area contributed by atoms with Crippen LogP contribution in [0.4, 0.5) is 0 Å². The van der Waals surface area contributed by atoms with Crippen LogP contribution >= 0.6 is 7.82 Å². The highest BCUT2D eigenvalue weighted by molar-refractivity contribution is 7.47. The molecule has 0 aromatic rings. The van der Waals surface area contributed by atoms with Crippen molar-refractivity contribution in [3.8, 4) is 0 Å². The maximum atomic E-state index is 12.8. The minimum atomic E-state index is -4.40. The topological polar surface area (TPSA) is 108 Å². The Morgan fingerprint density at radius 1 is 0.438 bits per heavy atom. The Hall–Kier alpha value is -3.33. The van der Waals surface area contributed by atoms with Gasteiger partial charge in [-0.3, -0.25) is 18.6 Å². The second kappa shape index (κ2) is 53.5. The summed E-state index contributed by atoms with van der Waals surface area (Å²) in [6.07, 6.45) is 74.4. The van der Waals surface area contributed by atoms with E-state index in [2.05, 4.69) is 123 Å². The summed E-state index contributed by atoms with van der Waals surface area (Å²) in [5.74, 6) is -0.821. The van der Waals surface area contributed by atoms with Gasteiger partial charge < -0.3 is 18.9 Å². The first-order valence-electron chi connectivity index (χ1n) is 29.1. The average Bonchev–Trinajstić information content (AvgIpc) is 3.35. The molecule has 10 heteroatoms. The highest BCUT2D eigenvalue weighted by Gasteiger charge is 2.27. The molecule has 418 valence electrons. The minimum Gasteiger partial charge on any atom is -0.462 e. The number of esters is 2. The highest BCUT2D eigenvalue weighted by Crippen LogP contribution is 2.43. The van der Waals surface area contributed by atoms with Crippen LogP contribution in [0.15, 0.2) is 109 Å². The Morgan fingerprint density at radius 2 is 0.781 bits per heavy atom. The zero-order chi connectivity index (χ0) is 53.5. The molecule has 9 nitrogen and oxygen atoms in total. The number of phosphoric acid groups is 1. The molecule has 0 radical (unpaired) electrons. The lowest BCUT2D eigenvalue weighted by Crippen LogP contribution is -2.37. The summed E-state index contributed by atoms with van der Waals surface area (Å²) < 4.78 is 34.5. The summed E-state index contributed by atoms with van der Waals surface area (Å²) in [4.78, 5) is 35.6. The van der Waals surface area contributed by atoms with E-state index in [1.165, 1.54) is 83.5 Å². The average molecular weight is 1040 g/mol. The number of carbonyl (C=O) groups is 2. The van der Waals surface area contributed by atoms with Gasteiger partial charge in [0.2, 0.25) is 0 Å². The van der Waals surface area contributed by atoms with Crippen molar-refractivity contribution in [1.29, 1.82) is 0 Å². The maximum Gasteiger partial charge on any atom is 0.472 e. The van der Waals surface area contributed by atoms with Crippen LogP contribution in [-0.4, -0.2) is 74.9 Å². The molecule has 0 amide bonds. The monoisotopic (exact) mass is 1040 g/mol. The Kier molecular flexibility index (Phi) is 51.1. The number of hydrogen-bond donors (Lipinski definition) is 1. The molecule has 0 aliphatic rings. The van der Waals surface area contributed by atoms with Gasteiger partial charge >= 0.3 is 19.8 Å². The molecule has 2 unspecified atom stereocenters. The first kappa shape index (κ1) is 69.7. The quantitative estimate of drug-likeness (QED) is 0.0211. The highest BCUT2D eigenvalue weighted by atomic mass is 31.2. The zero-order valence-electron chi connectivity index (χ0n) is 47.3. The molecular weight excluding hydrogens is 930 g/mol. The van der Waals surface area contributed by atoms with Crippen LogP contribution in [0, 0.1) is 0 Å². The van der Waals surface area contributed by atoms with Crippen LogP contribution in [0.2, 0.25) is 0 Å². The maximum absolute atomic E-state index is 12.8. The molecule has 1 N–H and O–H groups in total. The van der Waals surface area contributed by atoms with E-state index in [0.717, 1.165) is 109 Å². The third-order valence-electron chi connectivity index (χ3n) is 12.1. The van der Waals surface area contributed by atoms with Crippen molar-refractivity contribution in [3.05, 3.63) is 109 Å². The summed E-state index contributed by atoms with van der Waals surface area (Å²) in [5, 5.41) is 0. The number of unbranched alkanes of at least 4 members (excludes halogenated alkanes) is 20. The van der Waals surface area contributed by atoms with E-state index in [-0.39, 0.29) is 32.0 Å². The molecule has 0 saturated carbocycles. The molecule has 0 aliphatic heterocycles. The van der Waals surface area contributed by atoms with Crippen molar-refractivity contribution in [2.45, 2.75) is 232 Å². The number of carbonyl (C=O) groups excluding carboxylic acids is 2. The van der Waals surface area contributed by atoms with E-state index < -0.39 is 26.5 Å². The Morgan fingerprint density at radius 3 is 1.16 bits per heavy atom. The van der Waals surface area contributed by atoms with Gasteiger partial charge in [0, 0.05) is 12.8 Å². The number of ether oxygens (including phenoxy) is 2. The lowest BCUT2D eigenvalue weighted by atomic mass is 10.0. The van der Waals surface area contributed by atoms with E-state index in [9.17, 15) is 19.0 Å². The van der Waals surface area contributed by atoms with E-state index >= 15 is 0 Å². The van der Waals surface area contributed by atoms with Gasteiger partial charge in [-0.05, 0) is 83.5 Å². The molecule has 0 aliphatic carbocycles. The standard InChI is InChI=1S/C63H108NO8P/c1-6-8-10-12-14-16-18-20-22-24-25-26-27-28-29-30-31-32-33-34-35-36-37-38-39-40-42-44-46-48-50-52-54-56-63(66)72-61(60-71-73(67,68)70-58-57-64(3,4)5)59-69-62(65)55-53-51-49-47-45-43-41-23-21-19-17-15-13-11-9-7-2/h8,10,14,16,20,22,25-26,28-29,31-32,34-35,37-38,40,42,61H,6-7,9,11-13,15,17-19,21,23-24,27,30,33,36,39,41,43-60H2,1-5H3/p+1/b10-8-,16-14-,22-20-,26-25-,29-28-,32-31-,35-34-,38-37-,42-40-. The van der Waals surface area contributed by atoms with E-state index in [1.807, 2.05) is 21.1 Å². The second-order valence-electron chi connectivity index (χ2n) is 20.3. The summed E-state index contributed by atoms with van der Waals surface area (Å²) in [7, 11) is 1.45. The smallest absolute Gasteiger partial charge is 0.462 e. The third-order valence-corrected chi connectivity index (χ3v) is 13.1. The molecule has 0 fully saturated rings. The molecular formula is C63H109NO8P+. The SMILES string of the molecule is CC/C=C\C/C=C\C/C=C\C/C=C\C/C=C\C/C=C\C/C=C\C/C=C\C/C=C\CCCCCCCC(=O)OC(COC(=O)CCCCCCCCCCCCCCCCCC)COP(=O)(O)OCC[N+](C)(C)C. The number of nitrogens with zero attached hydrogens (tertiary/aromatic N) is 1. The largest absolute Gasteiger partial charge is 0.472 e. The van der Waals surface area contributed by atoms with Crippen LogP contribution in [0.1, 0.15) is 226 Å². The van der Waals surface area contributed by atoms with Crippen molar-refractivity contribution in [3.63, 3.8) is 0 Å². The lowest BCUT2D eigenvalue weighted by Gasteiger charge is -2.24. The predicted molar refractivity (Wildman–Crippen MR) is 311 cm³/mol. The van der Waals surface area contributed by atoms with Crippen LogP contribution in [0.3, 0.4) is 0 Å². The fourth-order valence-corrected chi connectivity index (χ4v) is 8.34. The minimum absolute atomic E-state index is 0.0232. The first-order chi connectivity index (χ1) is 35.5. The number of quaternary nitrogens is 1. The second-order valence-corrected chi connectivity index (χ2v) is 21.8.